The molecule has 1 atom stereocenters. The lowest BCUT2D eigenvalue weighted by atomic mass is 10.1. The van der Waals surface area contributed by atoms with E-state index in [0.717, 1.165) is 38.5 Å². The van der Waals surface area contributed by atoms with Crippen LogP contribution in [0.3, 0.4) is 0 Å². The summed E-state index contributed by atoms with van der Waals surface area (Å²) >= 11 is 0. The van der Waals surface area contributed by atoms with Crippen LogP contribution in [-0.2, 0) is 19.1 Å². The van der Waals surface area contributed by atoms with E-state index in [-0.39, 0.29) is 18.0 Å². The van der Waals surface area contributed by atoms with Crippen LogP contribution in [-0.4, -0.2) is 24.6 Å². The van der Waals surface area contributed by atoms with Gasteiger partial charge in [-0.1, -0.05) is 91.4 Å². The van der Waals surface area contributed by atoms with Gasteiger partial charge in [0.25, 0.3) is 0 Å². The Balaban J connectivity index is 3.46. The SMILES string of the molecule is CCCCCCCCCCCCOC(=O)CCCC(=O)OC(CC)CCCC. The van der Waals surface area contributed by atoms with Crippen molar-refractivity contribution in [1.82, 2.24) is 0 Å². The minimum absolute atomic E-state index is 0.0238. The molecule has 0 aliphatic carbocycles. The fraction of sp³-hybridized carbons (Fsp3) is 0.917. The van der Waals surface area contributed by atoms with Crippen LogP contribution in [0, 0.1) is 0 Å². The van der Waals surface area contributed by atoms with E-state index in [4.69, 9.17) is 9.47 Å². The van der Waals surface area contributed by atoms with Crippen molar-refractivity contribution in [3.63, 3.8) is 0 Å². The Labute approximate surface area is 174 Å². The zero-order valence-corrected chi connectivity index (χ0v) is 18.9. The molecular formula is C24H46O4. The average molecular weight is 399 g/mol. The van der Waals surface area contributed by atoms with Gasteiger partial charge in [0.2, 0.25) is 0 Å². The van der Waals surface area contributed by atoms with Crippen LogP contribution in [0.2, 0.25) is 0 Å². The third-order valence-electron chi connectivity index (χ3n) is 5.16. The molecule has 0 N–H and O–H groups in total. The molecule has 0 aromatic heterocycles. The Morgan fingerprint density at radius 1 is 0.643 bits per heavy atom. The molecule has 0 aromatic rings. The third-order valence-corrected chi connectivity index (χ3v) is 5.16. The van der Waals surface area contributed by atoms with Crippen molar-refractivity contribution in [2.75, 3.05) is 6.61 Å². The number of rotatable bonds is 20. The van der Waals surface area contributed by atoms with Gasteiger partial charge in [0, 0.05) is 12.8 Å². The minimum Gasteiger partial charge on any atom is -0.466 e. The molecule has 1 unspecified atom stereocenters. The monoisotopic (exact) mass is 398 g/mol. The molecule has 0 amide bonds. The van der Waals surface area contributed by atoms with Crippen LogP contribution in [0.25, 0.3) is 0 Å². The lowest BCUT2D eigenvalue weighted by Gasteiger charge is -2.15. The summed E-state index contributed by atoms with van der Waals surface area (Å²) in [6.45, 7) is 6.93. The van der Waals surface area contributed by atoms with Crippen LogP contribution in [0.4, 0.5) is 0 Å². The number of esters is 2. The van der Waals surface area contributed by atoms with E-state index >= 15 is 0 Å². The van der Waals surface area contributed by atoms with Crippen molar-refractivity contribution in [3.8, 4) is 0 Å². The van der Waals surface area contributed by atoms with E-state index in [9.17, 15) is 9.59 Å². The number of ether oxygens (including phenoxy) is 2. The average Bonchev–Trinajstić information content (AvgIpc) is 2.69. The first kappa shape index (κ1) is 26.9. The van der Waals surface area contributed by atoms with Crippen molar-refractivity contribution in [2.45, 2.75) is 136 Å². The number of carbonyl (C=O) groups is 2. The van der Waals surface area contributed by atoms with Crippen LogP contribution in [0.1, 0.15) is 130 Å². The molecule has 166 valence electrons. The Bertz CT molecular complexity index is 368. The second kappa shape index (κ2) is 20.7. The number of carbonyl (C=O) groups excluding carboxylic acids is 2. The molecule has 4 nitrogen and oxygen atoms in total. The molecule has 0 aromatic carbocycles. The highest BCUT2D eigenvalue weighted by atomic mass is 16.5. The number of hydrogen-bond acceptors (Lipinski definition) is 4. The summed E-state index contributed by atoms with van der Waals surface area (Å²) in [6.07, 6.45) is 17.8. The van der Waals surface area contributed by atoms with Gasteiger partial charge in [-0.3, -0.25) is 9.59 Å². The minimum atomic E-state index is -0.193. The fourth-order valence-corrected chi connectivity index (χ4v) is 3.25. The largest absolute Gasteiger partial charge is 0.466 e. The molecule has 0 radical (unpaired) electrons. The summed E-state index contributed by atoms with van der Waals surface area (Å²) in [4.78, 5) is 23.6. The van der Waals surface area contributed by atoms with Crippen LogP contribution >= 0.6 is 0 Å². The summed E-state index contributed by atoms with van der Waals surface area (Å²) < 4.78 is 10.7. The van der Waals surface area contributed by atoms with Crippen LogP contribution < -0.4 is 0 Å². The maximum atomic E-state index is 11.8. The van der Waals surface area contributed by atoms with Crippen molar-refractivity contribution in [2.24, 2.45) is 0 Å². The second-order valence-electron chi connectivity index (χ2n) is 7.92. The standard InChI is InChI=1S/C24H46O4/c1-4-7-9-10-11-12-13-14-15-16-21-27-23(25)19-17-20-24(26)28-22(6-3)18-8-5-2/h22H,4-21H2,1-3H3. The van der Waals surface area contributed by atoms with Gasteiger partial charge in [-0.25, -0.2) is 0 Å². The molecule has 0 saturated heterocycles. The molecule has 4 heteroatoms. The van der Waals surface area contributed by atoms with Gasteiger partial charge in [-0.2, -0.15) is 0 Å². The van der Waals surface area contributed by atoms with Gasteiger partial charge >= 0.3 is 11.9 Å². The summed E-state index contributed by atoms with van der Waals surface area (Å²) in [6, 6.07) is 0. The van der Waals surface area contributed by atoms with E-state index in [1.807, 2.05) is 6.92 Å². The summed E-state index contributed by atoms with van der Waals surface area (Å²) in [5, 5.41) is 0. The van der Waals surface area contributed by atoms with E-state index in [1.54, 1.807) is 0 Å². The summed E-state index contributed by atoms with van der Waals surface area (Å²) in [5.74, 6) is -0.382. The van der Waals surface area contributed by atoms with E-state index < -0.39 is 0 Å². The fourth-order valence-electron chi connectivity index (χ4n) is 3.25. The topological polar surface area (TPSA) is 52.6 Å². The van der Waals surface area contributed by atoms with Crippen molar-refractivity contribution >= 4 is 11.9 Å². The summed E-state index contributed by atoms with van der Waals surface area (Å²) in [7, 11) is 0. The normalized spacial score (nSPS) is 12.0. The lowest BCUT2D eigenvalue weighted by Crippen LogP contribution is -2.17. The van der Waals surface area contributed by atoms with Gasteiger partial charge in [0.1, 0.15) is 6.10 Å². The Hall–Kier alpha value is -1.06. The van der Waals surface area contributed by atoms with E-state index in [2.05, 4.69) is 13.8 Å². The van der Waals surface area contributed by atoms with Crippen LogP contribution in [0.5, 0.6) is 0 Å². The molecule has 0 heterocycles. The first-order valence-corrected chi connectivity index (χ1v) is 12.0. The summed E-state index contributed by atoms with van der Waals surface area (Å²) in [5.41, 5.74) is 0. The predicted molar refractivity (Wildman–Crippen MR) is 116 cm³/mol. The van der Waals surface area contributed by atoms with Gasteiger partial charge < -0.3 is 9.47 Å². The molecule has 0 rings (SSSR count). The number of hydrogen-bond donors (Lipinski definition) is 0. The highest BCUT2D eigenvalue weighted by Gasteiger charge is 2.13. The second-order valence-corrected chi connectivity index (χ2v) is 7.92. The first-order valence-electron chi connectivity index (χ1n) is 12.0. The van der Waals surface area contributed by atoms with Gasteiger partial charge in [-0.15, -0.1) is 0 Å². The van der Waals surface area contributed by atoms with E-state index in [0.29, 0.717) is 25.9 Å². The van der Waals surface area contributed by atoms with Crippen molar-refractivity contribution < 1.29 is 19.1 Å². The molecule has 28 heavy (non-hydrogen) atoms. The molecule has 0 aliphatic heterocycles. The third kappa shape index (κ3) is 18.3. The highest BCUT2D eigenvalue weighted by Crippen LogP contribution is 2.12. The quantitative estimate of drug-likeness (QED) is 0.162. The Morgan fingerprint density at radius 3 is 1.75 bits per heavy atom. The maximum Gasteiger partial charge on any atom is 0.306 e. The molecule has 0 bridgehead atoms. The van der Waals surface area contributed by atoms with Gasteiger partial charge in [0.15, 0.2) is 0 Å². The molecular weight excluding hydrogens is 352 g/mol. The van der Waals surface area contributed by atoms with E-state index in [1.165, 1.54) is 51.4 Å². The Kier molecular flexibility index (Phi) is 19.9. The highest BCUT2D eigenvalue weighted by molar-refractivity contribution is 5.72. The molecule has 0 fully saturated rings. The zero-order valence-electron chi connectivity index (χ0n) is 18.9. The molecule has 0 aliphatic rings. The van der Waals surface area contributed by atoms with Crippen LogP contribution in [0.15, 0.2) is 0 Å². The van der Waals surface area contributed by atoms with Gasteiger partial charge in [-0.05, 0) is 25.7 Å². The molecule has 0 spiro atoms. The molecule has 0 saturated carbocycles. The van der Waals surface area contributed by atoms with Crippen molar-refractivity contribution in [3.05, 3.63) is 0 Å². The van der Waals surface area contributed by atoms with Gasteiger partial charge in [0.05, 0.1) is 6.61 Å². The first-order chi connectivity index (χ1) is 13.6. The lowest BCUT2D eigenvalue weighted by molar-refractivity contribution is -0.150. The zero-order chi connectivity index (χ0) is 20.9. The Morgan fingerprint density at radius 2 is 1.18 bits per heavy atom. The van der Waals surface area contributed by atoms with Crippen molar-refractivity contribution in [1.29, 1.82) is 0 Å². The predicted octanol–water partition coefficient (Wildman–Crippen LogP) is 7.13. The maximum absolute atomic E-state index is 11.8. The smallest absolute Gasteiger partial charge is 0.306 e. The number of unbranched alkanes of at least 4 members (excludes halogenated alkanes) is 10.